The Hall–Kier alpha value is -3.88. The summed E-state index contributed by atoms with van der Waals surface area (Å²) in [7, 11) is 2.41. The number of methoxy groups -OCH3 is 2. The molecule has 0 saturated heterocycles. The molecule has 0 unspecified atom stereocenters. The minimum absolute atomic E-state index is 0.0745. The van der Waals surface area contributed by atoms with Crippen LogP contribution in [-0.2, 0) is 14.3 Å². The molecule has 0 aliphatic rings. The second-order valence-corrected chi connectivity index (χ2v) is 6.01. The summed E-state index contributed by atoms with van der Waals surface area (Å²) < 4.78 is 14.7. The normalized spacial score (nSPS) is 9.97. The molecule has 158 valence electrons. The van der Waals surface area contributed by atoms with Gasteiger partial charge in [-0.1, -0.05) is 6.07 Å². The van der Waals surface area contributed by atoms with Crippen molar-refractivity contribution in [3.8, 4) is 5.75 Å². The van der Waals surface area contributed by atoms with Gasteiger partial charge in [0.15, 0.2) is 6.61 Å². The van der Waals surface area contributed by atoms with E-state index in [1.165, 1.54) is 38.5 Å². The Kier molecular flexibility index (Phi) is 7.92. The van der Waals surface area contributed by atoms with Crippen LogP contribution in [0.5, 0.6) is 5.75 Å². The highest BCUT2D eigenvalue weighted by molar-refractivity contribution is 5.98. The van der Waals surface area contributed by atoms with Crippen LogP contribution in [0.1, 0.15) is 38.0 Å². The molecule has 0 aromatic heterocycles. The van der Waals surface area contributed by atoms with Gasteiger partial charge >= 0.3 is 11.9 Å². The Bertz CT molecular complexity index is 922. The number of rotatable bonds is 8. The Labute approximate surface area is 173 Å². The van der Waals surface area contributed by atoms with E-state index in [1.807, 2.05) is 6.92 Å². The van der Waals surface area contributed by atoms with Gasteiger partial charge in [0.25, 0.3) is 11.8 Å². The molecule has 2 aromatic rings. The van der Waals surface area contributed by atoms with Gasteiger partial charge in [0, 0.05) is 17.8 Å². The second kappa shape index (κ2) is 10.6. The average molecular weight is 414 g/mol. The molecule has 9 heteroatoms. The van der Waals surface area contributed by atoms with E-state index in [0.29, 0.717) is 17.8 Å². The molecular weight excluding hydrogens is 392 g/mol. The van der Waals surface area contributed by atoms with Crippen molar-refractivity contribution in [2.45, 2.75) is 6.92 Å². The zero-order valence-corrected chi connectivity index (χ0v) is 16.8. The molecule has 0 aliphatic heterocycles. The molecule has 0 spiro atoms. The number of ether oxygens (including phenoxy) is 3. The zero-order valence-electron chi connectivity index (χ0n) is 16.8. The monoisotopic (exact) mass is 414 g/mol. The fourth-order valence-corrected chi connectivity index (χ4v) is 2.50. The molecule has 30 heavy (non-hydrogen) atoms. The SMILES string of the molecule is CCNC(=O)c1cccc(NC(=O)COc2cc(C(=O)OC)cc(C(=O)OC)c2)c1. The minimum Gasteiger partial charge on any atom is -0.484 e. The predicted octanol–water partition coefficient (Wildman–Crippen LogP) is 2.03. The van der Waals surface area contributed by atoms with Gasteiger partial charge in [-0.15, -0.1) is 0 Å². The quantitative estimate of drug-likeness (QED) is 0.634. The lowest BCUT2D eigenvalue weighted by molar-refractivity contribution is -0.118. The smallest absolute Gasteiger partial charge is 0.338 e. The summed E-state index contributed by atoms with van der Waals surface area (Å²) in [5, 5.41) is 5.29. The van der Waals surface area contributed by atoms with Crippen LogP contribution in [0.4, 0.5) is 5.69 Å². The number of amides is 2. The zero-order chi connectivity index (χ0) is 22.1. The largest absolute Gasteiger partial charge is 0.484 e. The second-order valence-electron chi connectivity index (χ2n) is 6.01. The molecule has 0 aliphatic carbocycles. The first-order valence-corrected chi connectivity index (χ1v) is 9.00. The molecule has 2 N–H and O–H groups in total. The van der Waals surface area contributed by atoms with Gasteiger partial charge in [0.1, 0.15) is 5.75 Å². The third-order valence-corrected chi connectivity index (χ3v) is 3.86. The third kappa shape index (κ3) is 6.06. The van der Waals surface area contributed by atoms with Gasteiger partial charge in [0.05, 0.1) is 25.3 Å². The summed E-state index contributed by atoms with van der Waals surface area (Å²) in [6.45, 7) is 1.90. The molecule has 0 fully saturated rings. The number of hydrogen-bond acceptors (Lipinski definition) is 7. The first-order chi connectivity index (χ1) is 14.4. The lowest BCUT2D eigenvalue weighted by atomic mass is 10.1. The summed E-state index contributed by atoms with van der Waals surface area (Å²) >= 11 is 0. The number of hydrogen-bond donors (Lipinski definition) is 2. The summed E-state index contributed by atoms with van der Waals surface area (Å²) in [5.41, 5.74) is 0.978. The molecule has 0 radical (unpaired) electrons. The fourth-order valence-electron chi connectivity index (χ4n) is 2.50. The summed E-state index contributed by atoms with van der Waals surface area (Å²) in [5.74, 6) is -1.97. The Morgan fingerprint density at radius 1 is 0.867 bits per heavy atom. The van der Waals surface area contributed by atoms with Crippen molar-refractivity contribution in [3.05, 3.63) is 59.2 Å². The van der Waals surface area contributed by atoms with Crippen molar-refractivity contribution < 1.29 is 33.4 Å². The molecule has 2 rings (SSSR count). The van der Waals surface area contributed by atoms with Crippen LogP contribution in [0.25, 0.3) is 0 Å². The maximum absolute atomic E-state index is 12.2. The number of benzene rings is 2. The van der Waals surface area contributed by atoms with Crippen molar-refractivity contribution in [1.82, 2.24) is 5.32 Å². The highest BCUT2D eigenvalue weighted by Crippen LogP contribution is 2.19. The summed E-state index contributed by atoms with van der Waals surface area (Å²) in [4.78, 5) is 47.7. The van der Waals surface area contributed by atoms with Gasteiger partial charge < -0.3 is 24.8 Å². The van der Waals surface area contributed by atoms with Crippen LogP contribution in [0.2, 0.25) is 0 Å². The van der Waals surface area contributed by atoms with E-state index in [4.69, 9.17) is 4.74 Å². The van der Waals surface area contributed by atoms with E-state index in [1.54, 1.807) is 18.2 Å². The summed E-state index contributed by atoms with van der Waals surface area (Å²) in [6.07, 6.45) is 0. The van der Waals surface area contributed by atoms with Crippen molar-refractivity contribution in [3.63, 3.8) is 0 Å². The number of anilines is 1. The lowest BCUT2D eigenvalue weighted by Crippen LogP contribution is -2.23. The standard InChI is InChI=1S/C21H22N2O7/c1-4-22-19(25)13-6-5-7-16(9-13)23-18(24)12-30-17-10-14(20(26)28-2)8-15(11-17)21(27)29-3/h5-11H,4,12H2,1-3H3,(H,22,25)(H,23,24). The number of carbonyl (C=O) groups is 4. The van der Waals surface area contributed by atoms with E-state index in [2.05, 4.69) is 20.1 Å². The molecule has 0 saturated carbocycles. The molecular formula is C21H22N2O7. The van der Waals surface area contributed by atoms with E-state index in [9.17, 15) is 19.2 Å². The van der Waals surface area contributed by atoms with Crippen LogP contribution in [0, 0.1) is 0 Å². The van der Waals surface area contributed by atoms with Crippen LogP contribution >= 0.6 is 0 Å². The van der Waals surface area contributed by atoms with Crippen LogP contribution in [-0.4, -0.2) is 51.1 Å². The van der Waals surface area contributed by atoms with Crippen molar-refractivity contribution >= 4 is 29.4 Å². The van der Waals surface area contributed by atoms with E-state index in [0.717, 1.165) is 0 Å². The first-order valence-electron chi connectivity index (χ1n) is 9.00. The molecule has 2 aromatic carbocycles. The lowest BCUT2D eigenvalue weighted by Gasteiger charge is -2.11. The van der Waals surface area contributed by atoms with E-state index in [-0.39, 0.29) is 22.8 Å². The Morgan fingerprint density at radius 2 is 1.50 bits per heavy atom. The highest BCUT2D eigenvalue weighted by atomic mass is 16.5. The van der Waals surface area contributed by atoms with Gasteiger partial charge in [-0.25, -0.2) is 9.59 Å². The molecule has 0 bridgehead atoms. The van der Waals surface area contributed by atoms with Gasteiger partial charge in [-0.3, -0.25) is 9.59 Å². The topological polar surface area (TPSA) is 120 Å². The average Bonchev–Trinajstić information content (AvgIpc) is 2.76. The van der Waals surface area contributed by atoms with Crippen molar-refractivity contribution in [2.24, 2.45) is 0 Å². The van der Waals surface area contributed by atoms with Gasteiger partial charge in [-0.05, 0) is 43.3 Å². The number of nitrogens with one attached hydrogen (secondary N) is 2. The van der Waals surface area contributed by atoms with E-state index < -0.39 is 24.5 Å². The first kappa shape index (κ1) is 22.4. The van der Waals surface area contributed by atoms with Crippen LogP contribution in [0.3, 0.4) is 0 Å². The highest BCUT2D eigenvalue weighted by Gasteiger charge is 2.15. The molecule has 2 amide bonds. The van der Waals surface area contributed by atoms with Gasteiger partial charge in [-0.2, -0.15) is 0 Å². The minimum atomic E-state index is -0.669. The third-order valence-electron chi connectivity index (χ3n) is 3.86. The maximum Gasteiger partial charge on any atom is 0.338 e. The predicted molar refractivity (Wildman–Crippen MR) is 108 cm³/mol. The fraction of sp³-hybridized carbons (Fsp3) is 0.238. The van der Waals surface area contributed by atoms with Crippen molar-refractivity contribution in [1.29, 1.82) is 0 Å². The number of carbonyl (C=O) groups excluding carboxylic acids is 4. The molecule has 0 heterocycles. The van der Waals surface area contributed by atoms with E-state index >= 15 is 0 Å². The summed E-state index contributed by atoms with van der Waals surface area (Å²) in [6, 6.07) is 10.4. The van der Waals surface area contributed by atoms with Crippen LogP contribution in [0.15, 0.2) is 42.5 Å². The van der Waals surface area contributed by atoms with Crippen LogP contribution < -0.4 is 15.4 Å². The van der Waals surface area contributed by atoms with Gasteiger partial charge in [0.2, 0.25) is 0 Å². The Balaban J connectivity index is 2.08. The number of esters is 2. The molecule has 0 atom stereocenters. The molecule has 9 nitrogen and oxygen atoms in total. The maximum atomic E-state index is 12.2. The van der Waals surface area contributed by atoms with Crippen molar-refractivity contribution in [2.75, 3.05) is 32.7 Å². The Morgan fingerprint density at radius 3 is 2.07 bits per heavy atom.